The number of anilines is 2. The second-order valence-corrected chi connectivity index (χ2v) is 4.46. The van der Waals surface area contributed by atoms with Gasteiger partial charge in [-0.2, -0.15) is 5.10 Å². The first-order valence-corrected chi connectivity index (χ1v) is 6.08. The number of hydrogen-bond donors (Lipinski definition) is 2. The highest BCUT2D eigenvalue weighted by atomic mass is 15.3. The van der Waals surface area contributed by atoms with E-state index in [0.717, 1.165) is 27.8 Å². The van der Waals surface area contributed by atoms with Gasteiger partial charge >= 0.3 is 0 Å². The van der Waals surface area contributed by atoms with Crippen LogP contribution < -0.4 is 11.1 Å². The van der Waals surface area contributed by atoms with Crippen molar-refractivity contribution in [1.29, 1.82) is 0 Å². The van der Waals surface area contributed by atoms with E-state index in [1.54, 1.807) is 10.9 Å². The molecule has 3 aromatic rings. The van der Waals surface area contributed by atoms with Crippen molar-refractivity contribution in [2.24, 2.45) is 7.05 Å². The number of aryl methyl sites for hydroxylation is 1. The van der Waals surface area contributed by atoms with Crippen molar-refractivity contribution >= 4 is 22.1 Å². The summed E-state index contributed by atoms with van der Waals surface area (Å²) in [5.74, 6) is 0. The molecule has 19 heavy (non-hydrogen) atoms. The van der Waals surface area contributed by atoms with Crippen LogP contribution in [-0.2, 0) is 13.6 Å². The molecule has 0 saturated heterocycles. The van der Waals surface area contributed by atoms with E-state index in [1.807, 2.05) is 43.7 Å². The van der Waals surface area contributed by atoms with Crippen molar-refractivity contribution in [3.63, 3.8) is 0 Å². The largest absolute Gasteiger partial charge is 0.398 e. The number of aromatic nitrogens is 3. The zero-order valence-electron chi connectivity index (χ0n) is 10.7. The molecule has 0 aliphatic heterocycles. The first kappa shape index (κ1) is 11.5. The highest BCUT2D eigenvalue weighted by Gasteiger charge is 2.04. The number of rotatable bonds is 3. The number of nitrogens with one attached hydrogen (secondary N) is 1. The maximum absolute atomic E-state index is 5.96. The second kappa shape index (κ2) is 4.61. The summed E-state index contributed by atoms with van der Waals surface area (Å²) >= 11 is 0. The Hall–Kier alpha value is -2.56. The van der Waals surface area contributed by atoms with Crippen LogP contribution in [0.3, 0.4) is 0 Å². The lowest BCUT2D eigenvalue weighted by Gasteiger charge is -2.10. The first-order chi connectivity index (χ1) is 9.24. The van der Waals surface area contributed by atoms with Crippen molar-refractivity contribution in [3.05, 3.63) is 48.5 Å². The van der Waals surface area contributed by atoms with Crippen molar-refractivity contribution in [2.45, 2.75) is 6.54 Å². The number of nitrogens with zero attached hydrogens (tertiary/aromatic N) is 3. The second-order valence-electron chi connectivity index (χ2n) is 4.46. The molecule has 0 aliphatic carbocycles. The Morgan fingerprint density at radius 2 is 2.11 bits per heavy atom. The standard InChI is InChI=1S/C14H15N5/c1-19-7-5-10(18-19)8-17-14-3-2-13(15)11-4-6-16-9-12(11)14/h2-7,9,17H,8,15H2,1H3. The quantitative estimate of drug-likeness (QED) is 0.702. The fraction of sp³-hybridized carbons (Fsp3) is 0.143. The van der Waals surface area contributed by atoms with Gasteiger partial charge in [-0.3, -0.25) is 9.67 Å². The minimum Gasteiger partial charge on any atom is -0.398 e. The Morgan fingerprint density at radius 3 is 2.89 bits per heavy atom. The lowest BCUT2D eigenvalue weighted by Crippen LogP contribution is -2.02. The van der Waals surface area contributed by atoms with Crippen LogP contribution in [-0.4, -0.2) is 14.8 Å². The van der Waals surface area contributed by atoms with Crippen LogP contribution in [0.2, 0.25) is 0 Å². The van der Waals surface area contributed by atoms with E-state index in [-0.39, 0.29) is 0 Å². The fourth-order valence-corrected chi connectivity index (χ4v) is 2.11. The average molecular weight is 253 g/mol. The molecule has 0 amide bonds. The molecule has 2 heterocycles. The SMILES string of the molecule is Cn1ccc(CNc2ccc(N)c3ccncc23)n1. The highest BCUT2D eigenvalue weighted by molar-refractivity contribution is 6.00. The van der Waals surface area contributed by atoms with Gasteiger partial charge in [0.2, 0.25) is 0 Å². The van der Waals surface area contributed by atoms with E-state index in [0.29, 0.717) is 6.54 Å². The highest BCUT2D eigenvalue weighted by Crippen LogP contribution is 2.27. The molecular weight excluding hydrogens is 238 g/mol. The molecule has 0 bridgehead atoms. The van der Waals surface area contributed by atoms with Gasteiger partial charge < -0.3 is 11.1 Å². The maximum atomic E-state index is 5.96. The Bertz CT molecular complexity index is 717. The number of fused-ring (bicyclic) bond motifs is 1. The molecule has 0 atom stereocenters. The Morgan fingerprint density at radius 1 is 1.21 bits per heavy atom. The molecule has 3 N–H and O–H groups in total. The molecule has 96 valence electrons. The molecule has 0 radical (unpaired) electrons. The van der Waals surface area contributed by atoms with Gasteiger partial charge in [-0.1, -0.05) is 0 Å². The summed E-state index contributed by atoms with van der Waals surface area (Å²) < 4.78 is 1.79. The third-order valence-corrected chi connectivity index (χ3v) is 3.08. The number of hydrogen-bond acceptors (Lipinski definition) is 4. The van der Waals surface area contributed by atoms with Crippen LogP contribution in [0.15, 0.2) is 42.9 Å². The summed E-state index contributed by atoms with van der Waals surface area (Å²) in [5.41, 5.74) is 8.74. The fourth-order valence-electron chi connectivity index (χ4n) is 2.11. The van der Waals surface area contributed by atoms with E-state index in [2.05, 4.69) is 15.4 Å². The first-order valence-electron chi connectivity index (χ1n) is 6.08. The van der Waals surface area contributed by atoms with Gasteiger partial charge in [0.15, 0.2) is 0 Å². The average Bonchev–Trinajstić information content (AvgIpc) is 2.84. The van der Waals surface area contributed by atoms with E-state index < -0.39 is 0 Å². The molecule has 1 aromatic carbocycles. The van der Waals surface area contributed by atoms with Crippen LogP contribution in [0.5, 0.6) is 0 Å². The molecule has 5 nitrogen and oxygen atoms in total. The van der Waals surface area contributed by atoms with Crippen LogP contribution in [0, 0.1) is 0 Å². The summed E-state index contributed by atoms with van der Waals surface area (Å²) in [6, 6.07) is 7.80. The number of nitrogen functional groups attached to an aromatic ring is 1. The number of benzene rings is 1. The molecule has 0 fully saturated rings. The molecule has 0 unspecified atom stereocenters. The van der Waals surface area contributed by atoms with Gasteiger partial charge in [0.05, 0.1) is 12.2 Å². The maximum Gasteiger partial charge on any atom is 0.0815 e. The molecule has 2 aromatic heterocycles. The third-order valence-electron chi connectivity index (χ3n) is 3.08. The molecule has 3 rings (SSSR count). The van der Waals surface area contributed by atoms with Gasteiger partial charge in [-0.05, 0) is 24.3 Å². The molecule has 0 aliphatic rings. The van der Waals surface area contributed by atoms with Gasteiger partial charge in [0.25, 0.3) is 0 Å². The topological polar surface area (TPSA) is 68.8 Å². The zero-order chi connectivity index (χ0) is 13.2. The van der Waals surface area contributed by atoms with Crippen LogP contribution in [0.1, 0.15) is 5.69 Å². The van der Waals surface area contributed by atoms with Crippen LogP contribution in [0.25, 0.3) is 10.8 Å². The summed E-state index contributed by atoms with van der Waals surface area (Å²) in [5, 5.41) is 9.75. The van der Waals surface area contributed by atoms with Crippen molar-refractivity contribution in [1.82, 2.24) is 14.8 Å². The minimum absolute atomic E-state index is 0.675. The summed E-state index contributed by atoms with van der Waals surface area (Å²) in [6.45, 7) is 0.675. The van der Waals surface area contributed by atoms with E-state index in [4.69, 9.17) is 5.73 Å². The van der Waals surface area contributed by atoms with Crippen molar-refractivity contribution in [3.8, 4) is 0 Å². The van der Waals surface area contributed by atoms with Crippen molar-refractivity contribution < 1.29 is 0 Å². The number of pyridine rings is 1. The molecule has 0 saturated carbocycles. The van der Waals surface area contributed by atoms with E-state index in [9.17, 15) is 0 Å². The van der Waals surface area contributed by atoms with Crippen molar-refractivity contribution in [2.75, 3.05) is 11.1 Å². The predicted molar refractivity (Wildman–Crippen MR) is 76.7 cm³/mol. The Labute approximate surface area is 111 Å². The van der Waals surface area contributed by atoms with Gasteiger partial charge in [0, 0.05) is 47.8 Å². The number of nitrogens with two attached hydrogens (primary N) is 1. The summed E-state index contributed by atoms with van der Waals surface area (Å²) in [4.78, 5) is 4.16. The van der Waals surface area contributed by atoms with Crippen LogP contribution >= 0.6 is 0 Å². The lowest BCUT2D eigenvalue weighted by molar-refractivity contribution is 0.747. The molecule has 0 spiro atoms. The normalized spacial score (nSPS) is 10.8. The monoisotopic (exact) mass is 253 g/mol. The Balaban J connectivity index is 1.91. The lowest BCUT2D eigenvalue weighted by atomic mass is 10.1. The summed E-state index contributed by atoms with van der Waals surface area (Å²) in [6.07, 6.45) is 5.51. The van der Waals surface area contributed by atoms with Gasteiger partial charge in [0.1, 0.15) is 0 Å². The molecule has 5 heteroatoms. The minimum atomic E-state index is 0.675. The summed E-state index contributed by atoms with van der Waals surface area (Å²) in [7, 11) is 1.91. The van der Waals surface area contributed by atoms with Gasteiger partial charge in [-0.15, -0.1) is 0 Å². The van der Waals surface area contributed by atoms with Crippen LogP contribution in [0.4, 0.5) is 11.4 Å². The predicted octanol–water partition coefficient (Wildman–Crippen LogP) is 2.16. The molecular formula is C14H15N5. The van der Waals surface area contributed by atoms with E-state index in [1.165, 1.54) is 0 Å². The third kappa shape index (κ3) is 2.22. The Kier molecular flexibility index (Phi) is 2.79. The van der Waals surface area contributed by atoms with Gasteiger partial charge in [-0.25, -0.2) is 0 Å². The zero-order valence-corrected chi connectivity index (χ0v) is 10.7. The van der Waals surface area contributed by atoms with E-state index >= 15 is 0 Å². The smallest absolute Gasteiger partial charge is 0.0815 e.